The molecule has 1 aromatic rings. The van der Waals surface area contributed by atoms with Crippen molar-refractivity contribution in [3.8, 4) is 0 Å². The van der Waals surface area contributed by atoms with Crippen molar-refractivity contribution in [1.29, 1.82) is 0 Å². The van der Waals surface area contributed by atoms with Gasteiger partial charge in [0.25, 0.3) is 0 Å². The van der Waals surface area contributed by atoms with Crippen LogP contribution in [0.5, 0.6) is 0 Å². The number of nitrogens with one attached hydrogen (secondary N) is 2. The Labute approximate surface area is 110 Å². The van der Waals surface area contributed by atoms with Gasteiger partial charge >= 0.3 is 6.03 Å². The van der Waals surface area contributed by atoms with Gasteiger partial charge < -0.3 is 21.6 Å². The lowest BCUT2D eigenvalue weighted by molar-refractivity contribution is 0.252. The quantitative estimate of drug-likeness (QED) is 0.208. The first-order valence-corrected chi connectivity index (χ1v) is 5.89. The second kappa shape index (κ2) is 7.91. The number of oxime groups is 1. The van der Waals surface area contributed by atoms with Crippen molar-refractivity contribution >= 4 is 17.6 Å². The van der Waals surface area contributed by atoms with E-state index in [9.17, 15) is 9.18 Å². The Morgan fingerprint density at radius 3 is 2.79 bits per heavy atom. The number of carbonyl (C=O) groups is 1. The highest BCUT2D eigenvalue weighted by Gasteiger charge is 2.04. The summed E-state index contributed by atoms with van der Waals surface area (Å²) in [5.74, 6) is -0.319. The number of hydrogen-bond donors (Lipinski definition) is 4. The second-order valence-corrected chi connectivity index (χ2v) is 3.91. The number of hydrogen-bond acceptors (Lipinski definition) is 3. The lowest BCUT2D eigenvalue weighted by Gasteiger charge is -2.08. The molecule has 0 heterocycles. The fraction of sp³-hybridized carbons (Fsp3) is 0.333. The molecule has 0 aromatic heterocycles. The summed E-state index contributed by atoms with van der Waals surface area (Å²) in [6, 6.07) is 5.47. The van der Waals surface area contributed by atoms with Gasteiger partial charge in [-0.2, -0.15) is 0 Å². The molecule has 0 unspecified atom stereocenters. The Morgan fingerprint density at radius 1 is 1.37 bits per heavy atom. The molecule has 0 saturated carbocycles. The van der Waals surface area contributed by atoms with E-state index in [4.69, 9.17) is 10.9 Å². The highest BCUT2D eigenvalue weighted by molar-refractivity contribution is 5.89. The highest BCUT2D eigenvalue weighted by Crippen LogP contribution is 2.11. The minimum absolute atomic E-state index is 0.136. The van der Waals surface area contributed by atoms with Crippen LogP contribution in [0.25, 0.3) is 0 Å². The van der Waals surface area contributed by atoms with Gasteiger partial charge in [-0.05, 0) is 25.0 Å². The van der Waals surface area contributed by atoms with Crippen molar-refractivity contribution in [2.24, 2.45) is 10.9 Å². The maximum Gasteiger partial charge on any atom is 0.319 e. The molecule has 7 heteroatoms. The molecule has 6 nitrogen and oxygen atoms in total. The van der Waals surface area contributed by atoms with Gasteiger partial charge in [0.2, 0.25) is 0 Å². The number of para-hydroxylation sites is 1. The van der Waals surface area contributed by atoms with Gasteiger partial charge in [0.15, 0.2) is 0 Å². The fourth-order valence-corrected chi connectivity index (χ4v) is 1.41. The van der Waals surface area contributed by atoms with E-state index >= 15 is 0 Å². The van der Waals surface area contributed by atoms with Gasteiger partial charge in [-0.25, -0.2) is 9.18 Å². The van der Waals surface area contributed by atoms with Crippen molar-refractivity contribution in [2.45, 2.75) is 19.3 Å². The molecule has 0 fully saturated rings. The molecule has 0 saturated heterocycles. The van der Waals surface area contributed by atoms with Crippen LogP contribution in [0, 0.1) is 5.82 Å². The Morgan fingerprint density at radius 2 is 2.11 bits per heavy atom. The summed E-state index contributed by atoms with van der Waals surface area (Å²) in [5, 5.41) is 16.2. The number of rotatable bonds is 6. The summed E-state index contributed by atoms with van der Waals surface area (Å²) in [4.78, 5) is 11.4. The molecule has 2 amide bonds. The predicted octanol–water partition coefficient (Wildman–Crippen LogP) is 1.86. The topological polar surface area (TPSA) is 99.7 Å². The lowest BCUT2D eigenvalue weighted by Crippen LogP contribution is -2.30. The van der Waals surface area contributed by atoms with Crippen LogP contribution in [0.15, 0.2) is 29.4 Å². The molecule has 0 aliphatic heterocycles. The third kappa shape index (κ3) is 5.71. The normalized spacial score (nSPS) is 11.1. The monoisotopic (exact) mass is 268 g/mol. The number of nitrogens with zero attached hydrogens (tertiary/aromatic N) is 1. The number of amides is 2. The van der Waals surface area contributed by atoms with Crippen molar-refractivity contribution in [1.82, 2.24) is 5.32 Å². The summed E-state index contributed by atoms with van der Waals surface area (Å²) in [6.07, 6.45) is 1.84. The van der Waals surface area contributed by atoms with E-state index in [2.05, 4.69) is 15.8 Å². The predicted molar refractivity (Wildman–Crippen MR) is 70.7 cm³/mol. The van der Waals surface area contributed by atoms with Crippen molar-refractivity contribution in [3.63, 3.8) is 0 Å². The minimum atomic E-state index is -0.482. The van der Waals surface area contributed by atoms with Crippen LogP contribution in [0.2, 0.25) is 0 Å². The van der Waals surface area contributed by atoms with Crippen molar-refractivity contribution in [2.75, 3.05) is 11.9 Å². The number of benzene rings is 1. The molecular weight excluding hydrogens is 251 g/mol. The number of carbonyl (C=O) groups excluding carboxylic acids is 1. The van der Waals surface area contributed by atoms with Gasteiger partial charge in [-0.1, -0.05) is 17.3 Å². The molecule has 5 N–H and O–H groups in total. The average Bonchev–Trinajstić information content (AvgIpc) is 2.40. The SMILES string of the molecule is NC(CCCCNC(=O)Nc1ccccc1F)=NO. The van der Waals surface area contributed by atoms with E-state index < -0.39 is 11.8 Å². The van der Waals surface area contributed by atoms with Crippen LogP contribution in [0.4, 0.5) is 14.9 Å². The fourth-order valence-electron chi connectivity index (χ4n) is 1.41. The van der Waals surface area contributed by atoms with Gasteiger partial charge in [0.05, 0.1) is 5.69 Å². The number of urea groups is 1. The zero-order valence-electron chi connectivity index (χ0n) is 10.4. The minimum Gasteiger partial charge on any atom is -0.409 e. The first-order valence-electron chi connectivity index (χ1n) is 5.89. The molecule has 0 radical (unpaired) electrons. The average molecular weight is 268 g/mol. The summed E-state index contributed by atoms with van der Waals surface area (Å²) in [7, 11) is 0. The third-order valence-electron chi connectivity index (χ3n) is 2.40. The zero-order chi connectivity index (χ0) is 14.1. The number of halogens is 1. The molecule has 104 valence electrons. The third-order valence-corrected chi connectivity index (χ3v) is 2.40. The molecule has 19 heavy (non-hydrogen) atoms. The molecule has 0 atom stereocenters. The van der Waals surface area contributed by atoms with E-state index in [-0.39, 0.29) is 11.5 Å². The van der Waals surface area contributed by atoms with E-state index in [1.807, 2.05) is 0 Å². The number of amidine groups is 1. The van der Waals surface area contributed by atoms with Crippen LogP contribution < -0.4 is 16.4 Å². The highest BCUT2D eigenvalue weighted by atomic mass is 19.1. The van der Waals surface area contributed by atoms with Gasteiger partial charge in [-0.15, -0.1) is 0 Å². The van der Waals surface area contributed by atoms with Crippen LogP contribution in [0.1, 0.15) is 19.3 Å². The van der Waals surface area contributed by atoms with Gasteiger partial charge in [0, 0.05) is 13.0 Å². The van der Waals surface area contributed by atoms with Gasteiger partial charge in [0.1, 0.15) is 11.7 Å². The van der Waals surface area contributed by atoms with Crippen LogP contribution in [0.3, 0.4) is 0 Å². The van der Waals surface area contributed by atoms with E-state index in [1.165, 1.54) is 12.1 Å². The lowest BCUT2D eigenvalue weighted by atomic mass is 10.2. The molecule has 0 aliphatic rings. The number of unbranched alkanes of at least 4 members (excludes halogenated alkanes) is 1. The molecule has 0 bridgehead atoms. The van der Waals surface area contributed by atoms with Crippen LogP contribution in [-0.2, 0) is 0 Å². The van der Waals surface area contributed by atoms with Crippen molar-refractivity contribution in [3.05, 3.63) is 30.1 Å². The molecular formula is C12H17FN4O2. The Balaban J connectivity index is 2.20. The second-order valence-electron chi connectivity index (χ2n) is 3.91. The maximum atomic E-state index is 13.2. The smallest absolute Gasteiger partial charge is 0.319 e. The molecule has 0 aliphatic carbocycles. The van der Waals surface area contributed by atoms with E-state index in [0.29, 0.717) is 25.8 Å². The van der Waals surface area contributed by atoms with Crippen LogP contribution in [-0.4, -0.2) is 23.6 Å². The largest absolute Gasteiger partial charge is 0.409 e. The van der Waals surface area contributed by atoms with Crippen molar-refractivity contribution < 1.29 is 14.4 Å². The first kappa shape index (κ1) is 14.7. The van der Waals surface area contributed by atoms with Gasteiger partial charge in [-0.3, -0.25) is 0 Å². The Bertz CT molecular complexity index is 451. The molecule has 1 rings (SSSR count). The number of anilines is 1. The standard InChI is InChI=1S/C12H17FN4O2/c13-9-5-1-2-6-10(9)16-12(18)15-8-4-3-7-11(14)17-19/h1-2,5-6,19H,3-4,7-8H2,(H2,14,17)(H2,15,16,18). The number of nitrogens with two attached hydrogens (primary N) is 1. The summed E-state index contributed by atoms with van der Waals surface area (Å²) in [6.45, 7) is 0.430. The van der Waals surface area contributed by atoms with Crippen LogP contribution >= 0.6 is 0 Å². The Hall–Kier alpha value is -2.31. The molecule has 0 spiro atoms. The maximum absolute atomic E-state index is 13.2. The summed E-state index contributed by atoms with van der Waals surface area (Å²) >= 11 is 0. The van der Waals surface area contributed by atoms with E-state index in [1.54, 1.807) is 12.1 Å². The zero-order valence-corrected chi connectivity index (χ0v) is 10.4. The van der Waals surface area contributed by atoms with E-state index in [0.717, 1.165) is 0 Å². The molecule has 1 aromatic carbocycles. The first-order chi connectivity index (χ1) is 9.13. The summed E-state index contributed by atoms with van der Waals surface area (Å²) < 4.78 is 13.2. The summed E-state index contributed by atoms with van der Waals surface area (Å²) in [5.41, 5.74) is 5.43. The Kier molecular flexibility index (Phi) is 6.14.